The maximum absolute atomic E-state index is 13.0. The summed E-state index contributed by atoms with van der Waals surface area (Å²) >= 11 is 7.32. The number of benzene rings is 3. The molecule has 1 atom stereocenters. The second-order valence-corrected chi connectivity index (χ2v) is 7.49. The molecule has 0 unspecified atom stereocenters. The largest absolute Gasteiger partial charge is 0.416 e. The Bertz CT molecular complexity index is 949. The van der Waals surface area contributed by atoms with E-state index in [1.807, 2.05) is 36.4 Å². The van der Waals surface area contributed by atoms with Crippen molar-refractivity contribution in [3.8, 4) is 0 Å². The number of carbonyl (C=O) groups is 1. The second kappa shape index (κ2) is 8.71. The van der Waals surface area contributed by atoms with Crippen LogP contribution in [0.3, 0.4) is 0 Å². The first-order chi connectivity index (χ1) is 13.3. The van der Waals surface area contributed by atoms with Crippen LogP contribution in [0.5, 0.6) is 0 Å². The van der Waals surface area contributed by atoms with Crippen molar-refractivity contribution < 1.29 is 18.0 Å². The molecule has 0 radical (unpaired) electrons. The van der Waals surface area contributed by atoms with Crippen LogP contribution in [0.1, 0.15) is 16.4 Å². The Kier molecular flexibility index (Phi) is 6.31. The van der Waals surface area contributed by atoms with E-state index in [0.29, 0.717) is 0 Å². The van der Waals surface area contributed by atoms with E-state index in [0.717, 1.165) is 28.7 Å². The standard InChI is InChI=1S/C21H15ClF3NOS/c22-17-12-11-15(21(23,24)25)13-18(17)26-20(27)19(14-7-3-1-4-8-14)28-16-9-5-2-6-10-16/h1-13,19H,(H,26,27)/t19-/m1/s1. The van der Waals surface area contributed by atoms with E-state index < -0.39 is 22.9 Å². The fourth-order valence-electron chi connectivity index (χ4n) is 2.53. The molecular weight excluding hydrogens is 407 g/mol. The highest BCUT2D eigenvalue weighted by molar-refractivity contribution is 8.00. The third-order valence-electron chi connectivity index (χ3n) is 3.89. The molecule has 7 heteroatoms. The van der Waals surface area contributed by atoms with Crippen LogP contribution in [-0.4, -0.2) is 5.91 Å². The normalized spacial score (nSPS) is 12.4. The first-order valence-electron chi connectivity index (χ1n) is 8.29. The van der Waals surface area contributed by atoms with Crippen LogP contribution in [0.4, 0.5) is 18.9 Å². The number of carbonyl (C=O) groups excluding carboxylic acids is 1. The molecule has 0 saturated carbocycles. The van der Waals surface area contributed by atoms with Crippen molar-refractivity contribution in [2.45, 2.75) is 16.3 Å². The van der Waals surface area contributed by atoms with Crippen molar-refractivity contribution in [2.75, 3.05) is 5.32 Å². The molecule has 0 aliphatic rings. The van der Waals surface area contributed by atoms with Gasteiger partial charge in [0.25, 0.3) is 0 Å². The summed E-state index contributed by atoms with van der Waals surface area (Å²) < 4.78 is 39.0. The first kappa shape index (κ1) is 20.3. The number of hydrogen-bond donors (Lipinski definition) is 1. The molecule has 3 aromatic carbocycles. The minimum Gasteiger partial charge on any atom is -0.323 e. The molecule has 0 heterocycles. The molecule has 0 bridgehead atoms. The predicted molar refractivity (Wildman–Crippen MR) is 107 cm³/mol. The first-order valence-corrected chi connectivity index (χ1v) is 9.54. The Morgan fingerprint density at radius 1 is 0.929 bits per heavy atom. The third kappa shape index (κ3) is 5.09. The summed E-state index contributed by atoms with van der Waals surface area (Å²) in [4.78, 5) is 13.8. The minimum atomic E-state index is -4.53. The fraction of sp³-hybridized carbons (Fsp3) is 0.0952. The lowest BCUT2D eigenvalue weighted by atomic mass is 10.1. The van der Waals surface area contributed by atoms with Crippen LogP contribution in [0.25, 0.3) is 0 Å². The van der Waals surface area contributed by atoms with E-state index in [1.165, 1.54) is 11.8 Å². The highest BCUT2D eigenvalue weighted by Crippen LogP contribution is 2.38. The summed E-state index contributed by atoms with van der Waals surface area (Å²) in [6, 6.07) is 21.2. The van der Waals surface area contributed by atoms with Gasteiger partial charge in [0.15, 0.2) is 0 Å². The zero-order valence-electron chi connectivity index (χ0n) is 14.4. The van der Waals surface area contributed by atoms with E-state index >= 15 is 0 Å². The summed E-state index contributed by atoms with van der Waals surface area (Å²) in [5, 5.41) is 1.93. The highest BCUT2D eigenvalue weighted by atomic mass is 35.5. The maximum atomic E-state index is 13.0. The average molecular weight is 422 g/mol. The predicted octanol–water partition coefficient (Wildman–Crippen LogP) is 6.83. The number of halogens is 4. The van der Waals surface area contributed by atoms with E-state index in [1.54, 1.807) is 24.3 Å². The summed E-state index contributed by atoms with van der Waals surface area (Å²) in [5.74, 6) is -0.457. The molecule has 0 aromatic heterocycles. The van der Waals surface area contributed by atoms with Crippen molar-refractivity contribution in [3.05, 3.63) is 95.0 Å². The van der Waals surface area contributed by atoms with Gasteiger partial charge in [-0.25, -0.2) is 0 Å². The summed E-state index contributed by atoms with van der Waals surface area (Å²) in [6.45, 7) is 0. The zero-order valence-corrected chi connectivity index (χ0v) is 16.0. The number of nitrogens with one attached hydrogen (secondary N) is 1. The van der Waals surface area contributed by atoms with Crippen LogP contribution in [0, 0.1) is 0 Å². The highest BCUT2D eigenvalue weighted by Gasteiger charge is 2.31. The van der Waals surface area contributed by atoms with Crippen LogP contribution in [0.15, 0.2) is 83.8 Å². The topological polar surface area (TPSA) is 29.1 Å². The molecule has 3 aromatic rings. The fourth-order valence-corrected chi connectivity index (χ4v) is 3.74. The van der Waals surface area contributed by atoms with Gasteiger partial charge in [-0.05, 0) is 35.9 Å². The van der Waals surface area contributed by atoms with E-state index in [-0.39, 0.29) is 10.7 Å². The Hall–Kier alpha value is -2.44. The molecule has 1 N–H and O–H groups in total. The van der Waals surface area contributed by atoms with Gasteiger partial charge in [-0.15, -0.1) is 11.8 Å². The summed E-state index contributed by atoms with van der Waals surface area (Å²) in [5.41, 5.74) is -0.216. The van der Waals surface area contributed by atoms with Gasteiger partial charge in [0.05, 0.1) is 16.3 Å². The monoisotopic (exact) mass is 421 g/mol. The van der Waals surface area contributed by atoms with Gasteiger partial charge in [-0.1, -0.05) is 60.1 Å². The van der Waals surface area contributed by atoms with Gasteiger partial charge < -0.3 is 5.32 Å². The third-order valence-corrected chi connectivity index (χ3v) is 5.49. The van der Waals surface area contributed by atoms with Crippen molar-refractivity contribution in [2.24, 2.45) is 0 Å². The zero-order chi connectivity index (χ0) is 20.1. The number of alkyl halides is 3. The minimum absolute atomic E-state index is 0.0397. The van der Waals surface area contributed by atoms with Crippen molar-refractivity contribution >= 4 is 35.0 Å². The van der Waals surface area contributed by atoms with Gasteiger partial charge >= 0.3 is 6.18 Å². The lowest BCUT2D eigenvalue weighted by Gasteiger charge is -2.18. The molecule has 0 fully saturated rings. The number of amides is 1. The molecule has 1 amide bonds. The average Bonchev–Trinajstić information content (AvgIpc) is 2.68. The Labute approximate surface area is 169 Å². The SMILES string of the molecule is O=C(Nc1cc(C(F)(F)F)ccc1Cl)[C@H](Sc1ccccc1)c1ccccc1. The Balaban J connectivity index is 1.90. The number of thioether (sulfide) groups is 1. The number of hydrogen-bond acceptors (Lipinski definition) is 2. The van der Waals surface area contributed by atoms with Crippen LogP contribution in [-0.2, 0) is 11.0 Å². The molecule has 28 heavy (non-hydrogen) atoms. The smallest absolute Gasteiger partial charge is 0.323 e. The number of anilines is 1. The van der Waals surface area contributed by atoms with Crippen molar-refractivity contribution in [3.63, 3.8) is 0 Å². The van der Waals surface area contributed by atoms with E-state index in [9.17, 15) is 18.0 Å². The van der Waals surface area contributed by atoms with Gasteiger partial charge in [0.2, 0.25) is 5.91 Å². The van der Waals surface area contributed by atoms with Gasteiger partial charge in [0.1, 0.15) is 5.25 Å². The van der Waals surface area contributed by atoms with Gasteiger partial charge in [0, 0.05) is 4.90 Å². The number of rotatable bonds is 5. The summed E-state index contributed by atoms with van der Waals surface area (Å²) in [7, 11) is 0. The molecular formula is C21H15ClF3NOS. The maximum Gasteiger partial charge on any atom is 0.416 e. The van der Waals surface area contributed by atoms with Crippen molar-refractivity contribution in [1.82, 2.24) is 0 Å². The molecule has 3 rings (SSSR count). The van der Waals surface area contributed by atoms with E-state index in [2.05, 4.69) is 5.32 Å². The van der Waals surface area contributed by atoms with Crippen molar-refractivity contribution in [1.29, 1.82) is 0 Å². The van der Waals surface area contributed by atoms with Crippen LogP contribution >= 0.6 is 23.4 Å². The van der Waals surface area contributed by atoms with Crippen LogP contribution in [0.2, 0.25) is 5.02 Å². The Morgan fingerprint density at radius 2 is 1.54 bits per heavy atom. The lowest BCUT2D eigenvalue weighted by Crippen LogP contribution is -2.19. The van der Waals surface area contributed by atoms with E-state index in [4.69, 9.17) is 11.6 Å². The van der Waals surface area contributed by atoms with Gasteiger partial charge in [-0.3, -0.25) is 4.79 Å². The molecule has 0 aliphatic heterocycles. The van der Waals surface area contributed by atoms with Gasteiger partial charge in [-0.2, -0.15) is 13.2 Å². The quantitative estimate of drug-likeness (QED) is 0.457. The summed E-state index contributed by atoms with van der Waals surface area (Å²) in [6.07, 6.45) is -4.53. The lowest BCUT2D eigenvalue weighted by molar-refractivity contribution is -0.137. The molecule has 2 nitrogen and oxygen atoms in total. The molecule has 144 valence electrons. The van der Waals surface area contributed by atoms with Crippen LogP contribution < -0.4 is 5.32 Å². The Morgan fingerprint density at radius 3 is 2.14 bits per heavy atom. The molecule has 0 aliphatic carbocycles. The molecule has 0 saturated heterocycles. The molecule has 0 spiro atoms. The second-order valence-electron chi connectivity index (χ2n) is 5.90.